The molecular weight excluding hydrogens is 474 g/mol. The minimum absolute atomic E-state index is 0.0322. The predicted molar refractivity (Wildman–Crippen MR) is 141 cm³/mol. The number of Topliss-reactive ketones (excluding diaryl/α,β-unsaturated/α-hetero) is 1. The third-order valence-corrected chi connectivity index (χ3v) is 6.64. The monoisotopic (exact) mass is 515 g/mol. The summed E-state index contributed by atoms with van der Waals surface area (Å²) in [5.74, 6) is 2.49. The van der Waals surface area contributed by atoms with Crippen molar-refractivity contribution >= 4 is 11.7 Å². The topological polar surface area (TPSA) is 102 Å². The Morgan fingerprint density at radius 2 is 1.95 bits per heavy atom. The lowest BCUT2D eigenvalue weighted by Crippen LogP contribution is -2.43. The van der Waals surface area contributed by atoms with Crippen LogP contribution in [0.25, 0.3) is 0 Å². The summed E-state index contributed by atoms with van der Waals surface area (Å²) >= 11 is 0. The highest BCUT2D eigenvalue weighted by molar-refractivity contribution is 5.95. The van der Waals surface area contributed by atoms with Crippen LogP contribution in [0.2, 0.25) is 0 Å². The van der Waals surface area contributed by atoms with E-state index in [2.05, 4.69) is 10.6 Å². The third kappa shape index (κ3) is 8.59. The van der Waals surface area contributed by atoms with E-state index in [1.807, 2.05) is 24.8 Å². The van der Waals surface area contributed by atoms with Crippen LogP contribution in [0.5, 0.6) is 11.5 Å². The number of ketones is 1. The Balaban J connectivity index is 1.58. The van der Waals surface area contributed by atoms with Crippen LogP contribution in [0.1, 0.15) is 36.4 Å². The van der Waals surface area contributed by atoms with Crippen LogP contribution in [-0.2, 0) is 16.0 Å². The minimum atomic E-state index is -0.0355. The average molecular weight is 516 g/mol. The first-order chi connectivity index (χ1) is 17.9. The summed E-state index contributed by atoms with van der Waals surface area (Å²) in [6, 6.07) is 8.96. The van der Waals surface area contributed by atoms with Crippen LogP contribution in [0.3, 0.4) is 0 Å². The molecule has 204 valence electrons. The lowest BCUT2D eigenvalue weighted by Gasteiger charge is -2.32. The van der Waals surface area contributed by atoms with Crippen molar-refractivity contribution in [3.63, 3.8) is 0 Å². The van der Waals surface area contributed by atoms with Gasteiger partial charge in [-0.1, -0.05) is 0 Å². The molecule has 1 aromatic carbocycles. The first-order valence-electron chi connectivity index (χ1n) is 13.0. The van der Waals surface area contributed by atoms with Gasteiger partial charge in [0.1, 0.15) is 5.76 Å². The van der Waals surface area contributed by atoms with E-state index in [9.17, 15) is 9.59 Å². The number of carbonyl (C=O) groups excluding carboxylic acids is 2. The van der Waals surface area contributed by atoms with Crippen molar-refractivity contribution in [1.29, 1.82) is 0 Å². The van der Waals surface area contributed by atoms with E-state index in [4.69, 9.17) is 18.6 Å². The largest absolute Gasteiger partial charge is 0.493 e. The molecule has 1 fully saturated rings. The standard InChI is InChI=1S/C28H41N3O6/c1-20(2)31(28(33)21-8-9-26(35-4)27(13-21)37-12-6-10-34-3)19-23-17-29-15-22(23)16-30-18-24(32)14-25-7-5-11-36-25/h5,7-9,11,13,20,22-23,29-30H,6,10,12,14-19H2,1-4H3/t22-,23-/m0/s1. The summed E-state index contributed by atoms with van der Waals surface area (Å²) < 4.78 is 21.6. The zero-order valence-electron chi connectivity index (χ0n) is 22.5. The van der Waals surface area contributed by atoms with Gasteiger partial charge in [-0.15, -0.1) is 0 Å². The number of amides is 1. The number of methoxy groups -OCH3 is 2. The molecule has 1 aromatic heterocycles. The van der Waals surface area contributed by atoms with E-state index in [-0.39, 0.29) is 23.7 Å². The number of rotatable bonds is 16. The molecule has 1 saturated heterocycles. The van der Waals surface area contributed by atoms with Crippen molar-refractivity contribution < 1.29 is 28.2 Å². The highest BCUT2D eigenvalue weighted by atomic mass is 16.5. The molecule has 0 spiro atoms. The molecule has 9 nitrogen and oxygen atoms in total. The van der Waals surface area contributed by atoms with Crippen LogP contribution in [0.15, 0.2) is 41.0 Å². The Hall–Kier alpha value is -2.88. The summed E-state index contributed by atoms with van der Waals surface area (Å²) in [5, 5.41) is 6.76. The Labute approximate surface area is 219 Å². The van der Waals surface area contributed by atoms with Crippen molar-refractivity contribution in [3.05, 3.63) is 47.9 Å². The van der Waals surface area contributed by atoms with Gasteiger partial charge in [0.25, 0.3) is 5.91 Å². The predicted octanol–water partition coefficient (Wildman–Crippen LogP) is 2.79. The number of hydrogen-bond acceptors (Lipinski definition) is 8. The fourth-order valence-electron chi connectivity index (χ4n) is 4.56. The molecular formula is C28H41N3O6. The second kappa shape index (κ2) is 14.8. The molecule has 37 heavy (non-hydrogen) atoms. The molecule has 2 aromatic rings. The molecule has 0 bridgehead atoms. The second-order valence-corrected chi connectivity index (χ2v) is 9.72. The smallest absolute Gasteiger partial charge is 0.254 e. The maximum atomic E-state index is 13.6. The highest BCUT2D eigenvalue weighted by Gasteiger charge is 2.31. The van der Waals surface area contributed by atoms with E-state index in [0.29, 0.717) is 68.0 Å². The van der Waals surface area contributed by atoms with Gasteiger partial charge in [0.15, 0.2) is 17.3 Å². The maximum Gasteiger partial charge on any atom is 0.254 e. The number of nitrogens with one attached hydrogen (secondary N) is 2. The first kappa shape index (κ1) is 28.7. The Bertz CT molecular complexity index is 978. The maximum absolute atomic E-state index is 13.6. The SMILES string of the molecule is COCCCOc1cc(C(=O)N(C[C@@H]2CNC[C@H]2CNCC(=O)Cc2ccco2)C(C)C)ccc1OC. The van der Waals surface area contributed by atoms with Crippen LogP contribution in [-0.4, -0.2) is 82.8 Å². The number of furan rings is 1. The van der Waals surface area contributed by atoms with E-state index >= 15 is 0 Å². The Morgan fingerprint density at radius 3 is 2.65 bits per heavy atom. The minimum Gasteiger partial charge on any atom is -0.493 e. The summed E-state index contributed by atoms with van der Waals surface area (Å²) in [4.78, 5) is 27.7. The van der Waals surface area contributed by atoms with E-state index < -0.39 is 0 Å². The molecule has 0 radical (unpaired) electrons. The zero-order valence-corrected chi connectivity index (χ0v) is 22.5. The van der Waals surface area contributed by atoms with Gasteiger partial charge in [-0.2, -0.15) is 0 Å². The van der Waals surface area contributed by atoms with Gasteiger partial charge >= 0.3 is 0 Å². The van der Waals surface area contributed by atoms with E-state index in [0.717, 1.165) is 19.5 Å². The van der Waals surface area contributed by atoms with E-state index in [1.165, 1.54) is 0 Å². The lowest BCUT2D eigenvalue weighted by molar-refractivity contribution is -0.117. The molecule has 2 heterocycles. The van der Waals surface area contributed by atoms with Gasteiger partial charge in [-0.3, -0.25) is 9.59 Å². The van der Waals surface area contributed by atoms with E-state index in [1.54, 1.807) is 44.7 Å². The fraction of sp³-hybridized carbons (Fsp3) is 0.571. The van der Waals surface area contributed by atoms with Gasteiger partial charge in [-0.25, -0.2) is 0 Å². The normalized spacial score (nSPS) is 17.2. The van der Waals surface area contributed by atoms with Crippen LogP contribution < -0.4 is 20.1 Å². The molecule has 1 aliphatic heterocycles. The third-order valence-electron chi connectivity index (χ3n) is 6.64. The number of hydrogen-bond donors (Lipinski definition) is 2. The van der Waals surface area contributed by atoms with Crippen molar-refractivity contribution in [2.75, 3.05) is 60.2 Å². The number of nitrogens with zero attached hydrogens (tertiary/aromatic N) is 1. The fourth-order valence-corrected chi connectivity index (χ4v) is 4.56. The Kier molecular flexibility index (Phi) is 11.4. The van der Waals surface area contributed by atoms with Gasteiger partial charge in [0.2, 0.25) is 0 Å². The van der Waals surface area contributed by atoms with Gasteiger partial charge in [-0.05, 0) is 69.1 Å². The number of ether oxygens (including phenoxy) is 3. The van der Waals surface area contributed by atoms with Crippen LogP contribution in [0, 0.1) is 11.8 Å². The molecule has 2 atom stereocenters. The van der Waals surface area contributed by atoms with Crippen LogP contribution in [0.4, 0.5) is 0 Å². The summed E-state index contributed by atoms with van der Waals surface area (Å²) in [6.45, 7) is 8.48. The first-order valence-corrected chi connectivity index (χ1v) is 13.0. The molecule has 0 unspecified atom stereocenters. The van der Waals surface area contributed by atoms with Crippen LogP contribution >= 0.6 is 0 Å². The van der Waals surface area contributed by atoms with Crippen molar-refractivity contribution in [3.8, 4) is 11.5 Å². The molecule has 1 aliphatic rings. The molecule has 1 amide bonds. The van der Waals surface area contributed by atoms with Crippen molar-refractivity contribution in [2.45, 2.75) is 32.7 Å². The van der Waals surface area contributed by atoms with Gasteiger partial charge in [0.05, 0.1) is 32.9 Å². The second-order valence-electron chi connectivity index (χ2n) is 9.72. The quantitative estimate of drug-likeness (QED) is 0.329. The molecule has 0 aliphatic carbocycles. The highest BCUT2D eigenvalue weighted by Crippen LogP contribution is 2.29. The molecule has 9 heteroatoms. The number of carbonyl (C=O) groups is 2. The summed E-state index contributed by atoms with van der Waals surface area (Å²) in [7, 11) is 3.24. The Morgan fingerprint density at radius 1 is 1.14 bits per heavy atom. The molecule has 3 rings (SSSR count). The summed E-state index contributed by atoms with van der Waals surface area (Å²) in [5.41, 5.74) is 0.570. The van der Waals surface area contributed by atoms with Gasteiger partial charge in [0, 0.05) is 44.8 Å². The summed E-state index contributed by atoms with van der Waals surface area (Å²) in [6.07, 6.45) is 2.62. The average Bonchev–Trinajstić information content (AvgIpc) is 3.56. The van der Waals surface area contributed by atoms with Crippen molar-refractivity contribution in [2.24, 2.45) is 11.8 Å². The van der Waals surface area contributed by atoms with Gasteiger partial charge < -0.3 is 34.2 Å². The zero-order chi connectivity index (χ0) is 26.6. The molecule has 2 N–H and O–H groups in total. The lowest BCUT2D eigenvalue weighted by atomic mass is 9.94. The molecule has 0 saturated carbocycles. The van der Waals surface area contributed by atoms with Crippen molar-refractivity contribution in [1.82, 2.24) is 15.5 Å². The number of benzene rings is 1.